The van der Waals surface area contributed by atoms with Crippen molar-refractivity contribution in [3.8, 4) is 0 Å². The van der Waals surface area contributed by atoms with E-state index in [-0.39, 0.29) is 11.8 Å². The molecule has 108 valence electrons. The van der Waals surface area contributed by atoms with Crippen LogP contribution in [-0.2, 0) is 11.2 Å². The number of amides is 1. The molecule has 20 heavy (non-hydrogen) atoms. The lowest BCUT2D eigenvalue weighted by Gasteiger charge is -2.24. The second-order valence-electron chi connectivity index (χ2n) is 5.36. The highest BCUT2D eigenvalue weighted by atomic mass is 32.1. The first-order valence-electron chi connectivity index (χ1n) is 7.32. The van der Waals surface area contributed by atoms with Crippen molar-refractivity contribution in [3.05, 3.63) is 35.4 Å². The summed E-state index contributed by atoms with van der Waals surface area (Å²) >= 11 is 4.83. The van der Waals surface area contributed by atoms with Gasteiger partial charge in [0.05, 0.1) is 10.9 Å². The van der Waals surface area contributed by atoms with Crippen LogP contribution in [0.3, 0.4) is 0 Å². The highest BCUT2D eigenvalue weighted by Crippen LogP contribution is 2.31. The normalized spacial score (nSPS) is 17.3. The van der Waals surface area contributed by atoms with E-state index < -0.39 is 0 Å². The van der Waals surface area contributed by atoms with Gasteiger partial charge in [0.15, 0.2) is 0 Å². The van der Waals surface area contributed by atoms with Crippen LogP contribution in [0.5, 0.6) is 0 Å². The minimum absolute atomic E-state index is 0.0236. The van der Waals surface area contributed by atoms with Gasteiger partial charge in [0.2, 0.25) is 5.91 Å². The molecule has 0 spiro atoms. The van der Waals surface area contributed by atoms with E-state index in [0.29, 0.717) is 11.5 Å². The Balaban J connectivity index is 1.83. The van der Waals surface area contributed by atoms with Gasteiger partial charge < -0.3 is 11.1 Å². The molecule has 1 amide bonds. The minimum Gasteiger partial charge on any atom is -0.393 e. The summed E-state index contributed by atoms with van der Waals surface area (Å²) in [4.78, 5) is 12.8. The molecule has 1 unspecified atom stereocenters. The third-order valence-corrected chi connectivity index (χ3v) is 4.04. The number of benzene rings is 1. The summed E-state index contributed by atoms with van der Waals surface area (Å²) in [6.07, 6.45) is 5.77. The van der Waals surface area contributed by atoms with E-state index >= 15 is 0 Å². The Morgan fingerprint density at radius 2 is 2.15 bits per heavy atom. The van der Waals surface area contributed by atoms with Crippen molar-refractivity contribution in [1.82, 2.24) is 5.32 Å². The molecule has 0 radical (unpaired) electrons. The van der Waals surface area contributed by atoms with Gasteiger partial charge in [-0.15, -0.1) is 0 Å². The highest BCUT2D eigenvalue weighted by molar-refractivity contribution is 7.80. The molecule has 0 saturated carbocycles. The first-order chi connectivity index (χ1) is 9.68. The van der Waals surface area contributed by atoms with Crippen LogP contribution < -0.4 is 11.1 Å². The molecular weight excluding hydrogens is 268 g/mol. The van der Waals surface area contributed by atoms with Crippen LogP contribution in [0, 0.1) is 0 Å². The molecule has 0 saturated heterocycles. The molecule has 0 aliphatic heterocycles. The molecular formula is C16H22N2OS. The predicted octanol–water partition coefficient (Wildman–Crippen LogP) is 2.68. The number of nitrogens with two attached hydrogens (primary N) is 1. The van der Waals surface area contributed by atoms with Crippen LogP contribution in [0.15, 0.2) is 24.3 Å². The zero-order valence-electron chi connectivity index (χ0n) is 11.7. The molecule has 0 fully saturated rings. The third kappa shape index (κ3) is 4.04. The number of fused-ring (bicyclic) bond motifs is 1. The lowest BCUT2D eigenvalue weighted by Crippen LogP contribution is -2.32. The van der Waals surface area contributed by atoms with Crippen LogP contribution in [0.25, 0.3) is 0 Å². The summed E-state index contributed by atoms with van der Waals surface area (Å²) in [5, 5.41) is 3.04. The van der Waals surface area contributed by atoms with Crippen molar-refractivity contribution in [1.29, 1.82) is 0 Å². The van der Waals surface area contributed by atoms with Crippen molar-refractivity contribution >= 4 is 23.1 Å². The molecule has 1 aliphatic carbocycles. The van der Waals surface area contributed by atoms with Crippen molar-refractivity contribution in [3.63, 3.8) is 0 Å². The molecule has 0 heterocycles. The van der Waals surface area contributed by atoms with E-state index in [4.69, 9.17) is 18.0 Å². The monoisotopic (exact) mass is 290 g/mol. The number of nitrogens with one attached hydrogen (secondary N) is 1. The van der Waals surface area contributed by atoms with E-state index in [2.05, 4.69) is 23.5 Å². The summed E-state index contributed by atoms with van der Waals surface area (Å²) in [6, 6.07) is 8.30. The average Bonchev–Trinajstić information content (AvgIpc) is 2.45. The average molecular weight is 290 g/mol. The van der Waals surface area contributed by atoms with Crippen LogP contribution in [-0.4, -0.2) is 17.4 Å². The summed E-state index contributed by atoms with van der Waals surface area (Å²) in [5.41, 5.74) is 7.98. The number of carbonyl (C=O) groups is 1. The SMILES string of the molecule is NC(=S)CCCCNC(=O)C1CCCc2ccccc21. The van der Waals surface area contributed by atoms with Crippen molar-refractivity contribution in [2.24, 2.45) is 5.73 Å². The molecule has 1 aliphatic rings. The van der Waals surface area contributed by atoms with Crippen molar-refractivity contribution < 1.29 is 4.79 Å². The Hall–Kier alpha value is -1.42. The van der Waals surface area contributed by atoms with E-state index in [1.807, 2.05) is 6.07 Å². The number of thiocarbonyl (C=S) groups is 1. The maximum Gasteiger partial charge on any atom is 0.227 e. The number of unbranched alkanes of at least 4 members (excludes halogenated alkanes) is 1. The summed E-state index contributed by atoms with van der Waals surface area (Å²) in [5.74, 6) is 0.183. The van der Waals surface area contributed by atoms with Gasteiger partial charge in [-0.05, 0) is 49.7 Å². The van der Waals surface area contributed by atoms with E-state index in [0.717, 1.165) is 38.5 Å². The molecule has 0 bridgehead atoms. The van der Waals surface area contributed by atoms with E-state index in [9.17, 15) is 4.79 Å². The molecule has 2 rings (SSSR count). The van der Waals surface area contributed by atoms with Gasteiger partial charge in [0, 0.05) is 6.54 Å². The lowest BCUT2D eigenvalue weighted by atomic mass is 9.82. The topological polar surface area (TPSA) is 55.1 Å². The first-order valence-corrected chi connectivity index (χ1v) is 7.73. The van der Waals surface area contributed by atoms with Gasteiger partial charge in [0.25, 0.3) is 0 Å². The molecule has 4 heteroatoms. The molecule has 1 aromatic carbocycles. The molecule has 1 atom stereocenters. The van der Waals surface area contributed by atoms with Gasteiger partial charge in [-0.3, -0.25) is 4.79 Å². The van der Waals surface area contributed by atoms with Crippen LogP contribution in [0.4, 0.5) is 0 Å². The van der Waals surface area contributed by atoms with E-state index in [1.54, 1.807) is 0 Å². The Morgan fingerprint density at radius 3 is 2.95 bits per heavy atom. The third-order valence-electron chi connectivity index (χ3n) is 3.84. The Labute approximate surface area is 125 Å². The summed E-state index contributed by atoms with van der Waals surface area (Å²) in [7, 11) is 0. The second kappa shape index (κ2) is 7.39. The van der Waals surface area contributed by atoms with Gasteiger partial charge in [-0.2, -0.15) is 0 Å². The molecule has 0 aromatic heterocycles. The molecule has 3 N–H and O–H groups in total. The summed E-state index contributed by atoms with van der Waals surface area (Å²) < 4.78 is 0. The summed E-state index contributed by atoms with van der Waals surface area (Å²) in [6.45, 7) is 0.708. The van der Waals surface area contributed by atoms with Crippen LogP contribution in [0.2, 0.25) is 0 Å². The maximum atomic E-state index is 12.3. The number of carbonyl (C=O) groups excluding carboxylic acids is 1. The second-order valence-corrected chi connectivity index (χ2v) is 5.88. The van der Waals surface area contributed by atoms with Crippen LogP contribution in [0.1, 0.15) is 49.1 Å². The number of aryl methyl sites for hydroxylation is 1. The Kier molecular flexibility index (Phi) is 5.53. The first kappa shape index (κ1) is 15.0. The van der Waals surface area contributed by atoms with E-state index in [1.165, 1.54) is 11.1 Å². The predicted molar refractivity (Wildman–Crippen MR) is 85.8 cm³/mol. The van der Waals surface area contributed by atoms with Crippen LogP contribution >= 0.6 is 12.2 Å². The largest absolute Gasteiger partial charge is 0.393 e. The lowest BCUT2D eigenvalue weighted by molar-refractivity contribution is -0.122. The van der Waals surface area contributed by atoms with Gasteiger partial charge in [-0.1, -0.05) is 36.5 Å². The zero-order chi connectivity index (χ0) is 14.4. The number of rotatable bonds is 6. The smallest absolute Gasteiger partial charge is 0.227 e. The quantitative estimate of drug-likeness (QED) is 0.625. The Morgan fingerprint density at radius 1 is 1.35 bits per heavy atom. The molecule has 1 aromatic rings. The van der Waals surface area contributed by atoms with Gasteiger partial charge >= 0.3 is 0 Å². The Bertz CT molecular complexity index is 487. The number of hydrogen-bond donors (Lipinski definition) is 2. The van der Waals surface area contributed by atoms with Crippen molar-refractivity contribution in [2.45, 2.75) is 44.4 Å². The maximum absolute atomic E-state index is 12.3. The van der Waals surface area contributed by atoms with Crippen molar-refractivity contribution in [2.75, 3.05) is 6.54 Å². The van der Waals surface area contributed by atoms with Gasteiger partial charge in [0.1, 0.15) is 0 Å². The zero-order valence-corrected chi connectivity index (χ0v) is 12.5. The fourth-order valence-corrected chi connectivity index (χ4v) is 2.93. The number of hydrogen-bond acceptors (Lipinski definition) is 2. The van der Waals surface area contributed by atoms with Gasteiger partial charge in [-0.25, -0.2) is 0 Å². The fraction of sp³-hybridized carbons (Fsp3) is 0.500. The standard InChI is InChI=1S/C16H22N2OS/c17-15(20)10-3-4-11-18-16(19)14-9-5-7-12-6-1-2-8-13(12)14/h1-2,6,8,14H,3-5,7,9-11H2,(H2,17,20)(H,18,19). The molecule has 3 nitrogen and oxygen atoms in total. The minimum atomic E-state index is 0.0236. The highest BCUT2D eigenvalue weighted by Gasteiger charge is 2.25. The fourth-order valence-electron chi connectivity index (χ4n) is 2.79.